The average molecular weight is 745 g/mol. The molecule has 1 heterocycles. The van der Waals surface area contributed by atoms with Crippen LogP contribution in [-0.4, -0.2) is 35.3 Å². The van der Waals surface area contributed by atoms with E-state index in [4.69, 9.17) is 28.1 Å². The fourth-order valence-corrected chi connectivity index (χ4v) is 6.60. The van der Waals surface area contributed by atoms with Crippen LogP contribution in [0.4, 0.5) is 33.2 Å². The second-order valence-corrected chi connectivity index (χ2v) is 13.4. The van der Waals surface area contributed by atoms with E-state index in [0.717, 1.165) is 33.9 Å². The average Bonchev–Trinajstić information content (AvgIpc) is 3.12. The molecule has 0 saturated heterocycles. The van der Waals surface area contributed by atoms with E-state index in [1.165, 1.54) is 32.4 Å². The molecule has 52 heavy (non-hydrogen) atoms. The summed E-state index contributed by atoms with van der Waals surface area (Å²) >= 11 is 0.774. The number of benzene rings is 5. The number of rotatable bonds is 13. The van der Waals surface area contributed by atoms with Crippen LogP contribution in [0, 0.1) is 0 Å². The van der Waals surface area contributed by atoms with Crippen molar-refractivity contribution in [3.63, 3.8) is 0 Å². The number of carbonyl (C=O) groups excluding carboxylic acids is 1. The molecule has 6 aromatic rings. The highest BCUT2D eigenvalue weighted by atomic mass is 32.2. The maximum atomic E-state index is 12.1. The van der Waals surface area contributed by atoms with Crippen LogP contribution in [0.3, 0.4) is 0 Å². The SMILES string of the molecule is CCOC(=O)Nc1cc(Nc2ccc3c(-c4ccccc4SOO[O-])c4ccc(Nc5cc(S(N)(=O)=O)ccc5OC)cc4[o+]c3c2)cc(OC)c1. The Bertz CT molecular complexity index is 2390. The van der Waals surface area contributed by atoms with Crippen molar-refractivity contribution in [2.45, 2.75) is 16.7 Å². The first-order valence-corrected chi connectivity index (χ1v) is 17.8. The van der Waals surface area contributed by atoms with Crippen LogP contribution >= 0.6 is 12.0 Å². The highest BCUT2D eigenvalue weighted by molar-refractivity contribution is 7.94. The molecule has 0 aliphatic carbocycles. The number of ether oxygens (including phenoxy) is 3. The third-order valence-corrected chi connectivity index (χ3v) is 9.33. The summed E-state index contributed by atoms with van der Waals surface area (Å²) in [5.41, 5.74) is 5.14. The van der Waals surface area contributed by atoms with Gasteiger partial charge in [-0.05, 0) is 67.1 Å². The Balaban J connectivity index is 1.48. The number of sulfonamides is 1. The Kier molecular flexibility index (Phi) is 10.9. The molecule has 16 heteroatoms. The maximum absolute atomic E-state index is 12.1. The quantitative estimate of drug-likeness (QED) is 0.0299. The summed E-state index contributed by atoms with van der Waals surface area (Å²) in [6, 6.07) is 27.8. The van der Waals surface area contributed by atoms with Gasteiger partial charge in [0.25, 0.3) is 0 Å². The number of hydrogen-bond acceptors (Lipinski definition) is 12. The molecule has 6 rings (SSSR count). The molecule has 5 N–H and O–H groups in total. The van der Waals surface area contributed by atoms with Crippen molar-refractivity contribution >= 4 is 78.5 Å². The smallest absolute Gasteiger partial charge is 0.411 e. The molecule has 268 valence electrons. The molecule has 14 nitrogen and oxygen atoms in total. The standard InChI is InChI=1S/C36H32N4O10S2/c1-4-47-36(41)40-24-15-23(16-25(17-24)45-2)38-21-9-12-27-32(18-21)48-33-19-22(39-30-20-26(52(37,43)44)11-14-31(30)46-3)10-13-28(33)35(27)29-7-5-6-8-34(29)51-50-49-42/h5-20,38-39H,4H2,1-3H3,(H3-,37,40,41,42,43,44). The Morgan fingerprint density at radius 3 is 2.17 bits per heavy atom. The van der Waals surface area contributed by atoms with Gasteiger partial charge in [-0.3, -0.25) is 10.4 Å². The van der Waals surface area contributed by atoms with Gasteiger partial charge in [0, 0.05) is 45.3 Å². The van der Waals surface area contributed by atoms with Crippen molar-refractivity contribution in [1.82, 2.24) is 0 Å². The summed E-state index contributed by atoms with van der Waals surface area (Å²) in [6.07, 6.45) is -0.597. The van der Waals surface area contributed by atoms with E-state index in [2.05, 4.69) is 21.0 Å². The largest absolute Gasteiger partial charge is 0.691 e. The van der Waals surface area contributed by atoms with E-state index < -0.39 is 16.1 Å². The lowest BCUT2D eigenvalue weighted by Gasteiger charge is -2.14. The zero-order valence-corrected chi connectivity index (χ0v) is 29.6. The number of methoxy groups -OCH3 is 2. The first-order chi connectivity index (χ1) is 25.1. The number of hydrogen-bond donors (Lipinski definition) is 4. The third-order valence-electron chi connectivity index (χ3n) is 7.76. The summed E-state index contributed by atoms with van der Waals surface area (Å²) in [5.74, 6) is 0.893. The van der Waals surface area contributed by atoms with Crippen molar-refractivity contribution in [2.24, 2.45) is 5.14 Å². The molecule has 0 unspecified atom stereocenters. The summed E-state index contributed by atoms with van der Waals surface area (Å²) in [4.78, 5) is 12.6. The summed E-state index contributed by atoms with van der Waals surface area (Å²) in [7, 11) is -0.989. The predicted octanol–water partition coefficient (Wildman–Crippen LogP) is 7.48. The first-order valence-electron chi connectivity index (χ1n) is 15.5. The zero-order chi connectivity index (χ0) is 36.8. The molecule has 1 aromatic heterocycles. The van der Waals surface area contributed by atoms with E-state index in [1.54, 1.807) is 37.3 Å². The second kappa shape index (κ2) is 15.7. The molecule has 1 amide bonds. The minimum atomic E-state index is -3.98. The Labute approximate surface area is 302 Å². The topological polar surface area (TPSA) is 194 Å². The van der Waals surface area contributed by atoms with Crippen LogP contribution in [0.1, 0.15) is 6.92 Å². The van der Waals surface area contributed by atoms with Gasteiger partial charge in [0.05, 0.1) is 66.4 Å². The minimum Gasteiger partial charge on any atom is -0.691 e. The molecule has 0 bridgehead atoms. The Morgan fingerprint density at radius 2 is 1.52 bits per heavy atom. The monoisotopic (exact) mass is 744 g/mol. The number of primary sulfonamides is 1. The van der Waals surface area contributed by atoms with E-state index in [1.807, 2.05) is 48.5 Å². The molecule has 0 radical (unpaired) electrons. The van der Waals surface area contributed by atoms with Crippen LogP contribution in [0.2, 0.25) is 0 Å². The van der Waals surface area contributed by atoms with Crippen LogP contribution in [0.25, 0.3) is 33.1 Å². The van der Waals surface area contributed by atoms with Gasteiger partial charge in [0.1, 0.15) is 11.5 Å². The second-order valence-electron chi connectivity index (χ2n) is 11.1. The van der Waals surface area contributed by atoms with Crippen LogP contribution in [-0.2, 0) is 24.1 Å². The van der Waals surface area contributed by atoms with Gasteiger partial charge >= 0.3 is 17.3 Å². The van der Waals surface area contributed by atoms with Gasteiger partial charge in [-0.1, -0.05) is 18.2 Å². The van der Waals surface area contributed by atoms with E-state index in [-0.39, 0.29) is 11.5 Å². The van der Waals surface area contributed by atoms with Gasteiger partial charge < -0.3 is 30.1 Å². The lowest BCUT2D eigenvalue weighted by molar-refractivity contribution is -0.777. The highest BCUT2D eigenvalue weighted by Crippen LogP contribution is 2.43. The van der Waals surface area contributed by atoms with Gasteiger partial charge in [-0.2, -0.15) is 4.33 Å². The van der Waals surface area contributed by atoms with Gasteiger partial charge in [-0.15, -0.1) is 0 Å². The number of anilines is 5. The normalized spacial score (nSPS) is 11.3. The fraction of sp³-hybridized carbons (Fsp3) is 0.111. The van der Waals surface area contributed by atoms with Crippen LogP contribution < -0.4 is 35.8 Å². The minimum absolute atomic E-state index is 0.0900. The number of nitrogens with one attached hydrogen (secondary N) is 3. The van der Waals surface area contributed by atoms with Crippen molar-refractivity contribution in [2.75, 3.05) is 36.8 Å². The third kappa shape index (κ3) is 8.13. The molecule has 0 aliphatic heterocycles. The van der Waals surface area contributed by atoms with E-state index >= 15 is 0 Å². The molecule has 5 aromatic carbocycles. The van der Waals surface area contributed by atoms with E-state index in [9.17, 15) is 18.5 Å². The van der Waals surface area contributed by atoms with Crippen LogP contribution in [0.15, 0.2) is 111 Å². The maximum Gasteiger partial charge on any atom is 0.411 e. The number of nitrogens with two attached hydrogens (primary N) is 1. The Morgan fingerprint density at radius 1 is 0.827 bits per heavy atom. The molecule has 0 spiro atoms. The summed E-state index contributed by atoms with van der Waals surface area (Å²) < 4.78 is 51.3. The lowest BCUT2D eigenvalue weighted by Crippen LogP contribution is -2.13. The summed E-state index contributed by atoms with van der Waals surface area (Å²) in [5, 5.41) is 30.5. The number of fused-ring (bicyclic) bond motifs is 2. The van der Waals surface area contributed by atoms with Crippen molar-refractivity contribution < 1.29 is 46.5 Å². The molecule has 0 saturated carbocycles. The van der Waals surface area contributed by atoms with Crippen LogP contribution in [0.5, 0.6) is 11.5 Å². The number of carbonyl (C=O) groups is 1. The molecule has 0 fully saturated rings. The zero-order valence-electron chi connectivity index (χ0n) is 27.9. The fourth-order valence-electron chi connectivity index (χ4n) is 5.56. The predicted molar refractivity (Wildman–Crippen MR) is 196 cm³/mol. The molecule has 0 aliphatic rings. The summed E-state index contributed by atoms with van der Waals surface area (Å²) in [6.45, 7) is 1.94. The van der Waals surface area contributed by atoms with Gasteiger partial charge in [0.15, 0.2) is 0 Å². The number of amides is 1. The molecular formula is C36H32N4O10S2. The van der Waals surface area contributed by atoms with E-state index in [0.29, 0.717) is 56.0 Å². The van der Waals surface area contributed by atoms with Crippen molar-refractivity contribution in [3.05, 3.63) is 97.1 Å². The first kappa shape index (κ1) is 36.2. The Hall–Kier alpha value is -5.62. The van der Waals surface area contributed by atoms with Gasteiger partial charge in [0.2, 0.25) is 10.0 Å². The van der Waals surface area contributed by atoms with Crippen molar-refractivity contribution in [3.8, 4) is 22.6 Å². The van der Waals surface area contributed by atoms with Crippen molar-refractivity contribution in [1.29, 1.82) is 0 Å². The molecule has 0 atom stereocenters. The highest BCUT2D eigenvalue weighted by Gasteiger charge is 2.24. The lowest BCUT2D eigenvalue weighted by atomic mass is 9.96. The van der Waals surface area contributed by atoms with Gasteiger partial charge in [-0.25, -0.2) is 22.8 Å². The molecular weight excluding hydrogens is 713 g/mol.